The molecule has 40 heavy (non-hydrogen) atoms. The van der Waals surface area contributed by atoms with E-state index in [4.69, 9.17) is 17.2 Å². The number of hydrogen-bond donors (Lipinski definition) is 3. The third-order valence-electron chi connectivity index (χ3n) is 5.83. The highest BCUT2D eigenvalue weighted by atomic mass is 32.2. The second-order valence-corrected chi connectivity index (χ2v) is 16.1. The lowest BCUT2D eigenvalue weighted by Gasteiger charge is -2.05. The van der Waals surface area contributed by atoms with E-state index in [1.807, 2.05) is 23.5 Å². The van der Waals surface area contributed by atoms with Crippen LogP contribution < -0.4 is 17.2 Å². The van der Waals surface area contributed by atoms with Gasteiger partial charge in [0, 0.05) is 23.9 Å². The number of hydrogen-bond acceptors (Lipinski definition) is 6. The summed E-state index contributed by atoms with van der Waals surface area (Å²) in [5.41, 5.74) is 17.0. The molecule has 0 aliphatic heterocycles. The normalized spacial score (nSPS) is 13.5. The van der Waals surface area contributed by atoms with Gasteiger partial charge in [-0.15, -0.1) is 0 Å². The van der Waals surface area contributed by atoms with Gasteiger partial charge in [0.15, 0.2) is 0 Å². The van der Waals surface area contributed by atoms with Gasteiger partial charge in [0.2, 0.25) is 0 Å². The first kappa shape index (κ1) is 47.6. The highest BCUT2D eigenvalue weighted by molar-refractivity contribution is 7.99. The van der Waals surface area contributed by atoms with Gasteiger partial charge in [-0.2, -0.15) is 35.3 Å². The fourth-order valence-corrected chi connectivity index (χ4v) is 6.37. The van der Waals surface area contributed by atoms with Crippen molar-refractivity contribution in [2.75, 3.05) is 34.5 Å². The molecule has 0 saturated carbocycles. The highest BCUT2D eigenvalue weighted by Crippen LogP contribution is 2.12. The van der Waals surface area contributed by atoms with E-state index in [1.165, 1.54) is 73.7 Å². The van der Waals surface area contributed by atoms with E-state index >= 15 is 0 Å². The lowest BCUT2D eigenvalue weighted by Crippen LogP contribution is -2.15. The van der Waals surface area contributed by atoms with Crippen molar-refractivity contribution in [2.24, 2.45) is 35.0 Å². The zero-order chi connectivity index (χ0) is 30.3. The van der Waals surface area contributed by atoms with Gasteiger partial charge in [-0.05, 0) is 112 Å². The van der Waals surface area contributed by atoms with Crippen LogP contribution >= 0.6 is 35.3 Å². The van der Waals surface area contributed by atoms with Crippen molar-refractivity contribution >= 4 is 35.3 Å². The molecular formula is C34H77N3S3. The summed E-state index contributed by atoms with van der Waals surface area (Å²) in [6.07, 6.45) is 17.5. The van der Waals surface area contributed by atoms with Crippen LogP contribution in [0.2, 0.25) is 0 Å². The maximum Gasteiger partial charge on any atom is 0.0113 e. The van der Waals surface area contributed by atoms with Crippen LogP contribution in [0.15, 0.2) is 12.2 Å². The molecule has 0 aromatic rings. The molecule has 3 nitrogen and oxygen atoms in total. The Morgan fingerprint density at radius 2 is 0.850 bits per heavy atom. The molecule has 0 rings (SSSR count). The molecule has 246 valence electrons. The van der Waals surface area contributed by atoms with Gasteiger partial charge in [-0.25, -0.2) is 0 Å². The Kier molecular flexibility index (Phi) is 44.9. The molecule has 0 aliphatic rings. The first-order chi connectivity index (χ1) is 18.4. The third-order valence-corrected chi connectivity index (χ3v) is 8.99. The van der Waals surface area contributed by atoms with Crippen LogP contribution in [0.5, 0.6) is 0 Å². The van der Waals surface area contributed by atoms with E-state index < -0.39 is 0 Å². The van der Waals surface area contributed by atoms with E-state index in [-0.39, 0.29) is 7.43 Å². The minimum Gasteiger partial charge on any atom is -0.328 e. The number of unbranched alkanes of at least 4 members (excludes halogenated alkanes) is 1. The van der Waals surface area contributed by atoms with Crippen LogP contribution in [-0.2, 0) is 0 Å². The Labute approximate surface area is 267 Å². The highest BCUT2D eigenvalue weighted by Gasteiger charge is 1.98. The number of nitrogens with two attached hydrogens (primary N) is 3. The van der Waals surface area contributed by atoms with Crippen LogP contribution in [0.25, 0.3) is 0 Å². The molecule has 0 spiro atoms. The van der Waals surface area contributed by atoms with E-state index in [0.29, 0.717) is 18.1 Å². The second-order valence-electron chi connectivity index (χ2n) is 12.5. The van der Waals surface area contributed by atoms with Crippen molar-refractivity contribution in [3.63, 3.8) is 0 Å². The van der Waals surface area contributed by atoms with E-state index in [9.17, 15) is 0 Å². The van der Waals surface area contributed by atoms with Gasteiger partial charge < -0.3 is 17.2 Å². The van der Waals surface area contributed by atoms with Crippen molar-refractivity contribution in [3.8, 4) is 0 Å². The number of allylic oxidation sites excluding steroid dienone is 1. The van der Waals surface area contributed by atoms with E-state index in [0.717, 1.165) is 42.8 Å². The Morgan fingerprint density at radius 3 is 1.27 bits per heavy atom. The van der Waals surface area contributed by atoms with Gasteiger partial charge >= 0.3 is 0 Å². The molecule has 6 heteroatoms. The Balaban J connectivity index is -0.000000241. The van der Waals surface area contributed by atoms with Crippen LogP contribution in [0.4, 0.5) is 0 Å². The predicted octanol–water partition coefficient (Wildman–Crippen LogP) is 10.3. The fourth-order valence-electron chi connectivity index (χ4n) is 3.13. The maximum absolute atomic E-state index is 5.66. The zero-order valence-electron chi connectivity index (χ0n) is 27.9. The second kappa shape index (κ2) is 37.7. The molecule has 0 saturated heterocycles. The quantitative estimate of drug-likeness (QED) is 0.0776. The van der Waals surface area contributed by atoms with Gasteiger partial charge in [0.1, 0.15) is 0 Å². The van der Waals surface area contributed by atoms with Crippen molar-refractivity contribution in [1.29, 1.82) is 0 Å². The summed E-state index contributed by atoms with van der Waals surface area (Å²) in [6.45, 7) is 19.9. The summed E-state index contributed by atoms with van der Waals surface area (Å²) in [7, 11) is 0. The minimum atomic E-state index is 0. The summed E-state index contributed by atoms with van der Waals surface area (Å²) < 4.78 is 0. The molecule has 0 fully saturated rings. The summed E-state index contributed by atoms with van der Waals surface area (Å²) >= 11 is 6.07. The van der Waals surface area contributed by atoms with Gasteiger partial charge in [0.05, 0.1) is 0 Å². The van der Waals surface area contributed by atoms with Gasteiger partial charge in [-0.3, -0.25) is 0 Å². The van der Waals surface area contributed by atoms with Gasteiger partial charge in [0.25, 0.3) is 0 Å². The zero-order valence-corrected chi connectivity index (χ0v) is 30.3. The topological polar surface area (TPSA) is 78.1 Å². The molecule has 0 aromatic heterocycles. The summed E-state index contributed by atoms with van der Waals surface area (Å²) in [6, 6.07) is 1.11. The molecule has 0 unspecified atom stereocenters. The number of thioether (sulfide) groups is 3. The van der Waals surface area contributed by atoms with Crippen LogP contribution in [0.1, 0.15) is 134 Å². The standard InChI is InChI=1S/C12H25NS.C11H25NS.C10H23NS.CH4/c1-11(2)7-5-4-6-9-14-10-8-12(3)13;1-10(2)6-4-5-8-13-9-7-11(3)12;1-9(2)5-4-7-12-8-6-10(3)11;/h4,6,11-12H,5,7-10,13H2,1-3H3;10-11H,4-9,12H2,1-3H3;9-10H,4-8,11H2,1-3H3;1H4/b6-4+;;;/t12-;11-;10-;/m111./s1. The Bertz CT molecular complexity index is 443. The maximum atomic E-state index is 5.66. The third kappa shape index (κ3) is 58.3. The predicted molar refractivity (Wildman–Crippen MR) is 199 cm³/mol. The summed E-state index contributed by atoms with van der Waals surface area (Å²) in [4.78, 5) is 0. The smallest absolute Gasteiger partial charge is 0.0113 e. The molecule has 0 heterocycles. The monoisotopic (exact) mass is 624 g/mol. The largest absolute Gasteiger partial charge is 0.328 e. The van der Waals surface area contributed by atoms with Crippen LogP contribution in [0.3, 0.4) is 0 Å². The summed E-state index contributed by atoms with van der Waals surface area (Å²) in [5, 5.41) is 0. The summed E-state index contributed by atoms with van der Waals surface area (Å²) in [5.74, 6) is 9.98. The van der Waals surface area contributed by atoms with Crippen molar-refractivity contribution in [1.82, 2.24) is 0 Å². The minimum absolute atomic E-state index is 0. The first-order valence-electron chi connectivity index (χ1n) is 16.0. The van der Waals surface area contributed by atoms with Crippen molar-refractivity contribution in [2.45, 2.75) is 152 Å². The average molecular weight is 624 g/mol. The molecule has 0 amide bonds. The first-order valence-corrected chi connectivity index (χ1v) is 19.5. The van der Waals surface area contributed by atoms with Crippen LogP contribution in [0, 0.1) is 17.8 Å². The molecule has 0 radical (unpaired) electrons. The SMILES string of the molecule is C.CC(C)CC/C=C/CSCC[C@@H](C)N.CC(C)CCCCSCC[C@@H](C)N.CC(C)CCCSCC[C@@H](C)N. The molecule has 0 bridgehead atoms. The van der Waals surface area contributed by atoms with Crippen molar-refractivity contribution < 1.29 is 0 Å². The van der Waals surface area contributed by atoms with Crippen LogP contribution in [-0.4, -0.2) is 52.6 Å². The Hall–Kier alpha value is 0.670. The average Bonchev–Trinajstić information content (AvgIpc) is 2.82. The molecule has 3 atom stereocenters. The molecule has 6 N–H and O–H groups in total. The van der Waals surface area contributed by atoms with E-state index in [2.05, 4.69) is 86.2 Å². The Morgan fingerprint density at radius 1 is 0.450 bits per heavy atom. The molecule has 0 aromatic carbocycles. The molecule has 0 aliphatic carbocycles. The van der Waals surface area contributed by atoms with Gasteiger partial charge in [-0.1, -0.05) is 80.4 Å². The van der Waals surface area contributed by atoms with E-state index in [1.54, 1.807) is 0 Å². The lowest BCUT2D eigenvalue weighted by atomic mass is 10.1. The lowest BCUT2D eigenvalue weighted by molar-refractivity contribution is 0.551. The fraction of sp³-hybridized carbons (Fsp3) is 0.941. The molecular weight excluding hydrogens is 547 g/mol. The number of rotatable bonds is 23. The van der Waals surface area contributed by atoms with Crippen molar-refractivity contribution in [3.05, 3.63) is 12.2 Å².